The van der Waals surface area contributed by atoms with Gasteiger partial charge >= 0.3 is 6.18 Å². The molecule has 38 heavy (non-hydrogen) atoms. The molecule has 1 saturated carbocycles. The van der Waals surface area contributed by atoms with E-state index in [1.165, 1.54) is 19.4 Å². The number of carbonyl (C=O) groups excluding carboxylic acids is 1. The van der Waals surface area contributed by atoms with Crippen molar-refractivity contribution in [2.45, 2.75) is 50.7 Å². The molecular formula is C26H33ClF3N7O. The maximum absolute atomic E-state index is 13.6. The van der Waals surface area contributed by atoms with Crippen LogP contribution in [0, 0.1) is 5.92 Å². The molecule has 8 nitrogen and oxygen atoms in total. The van der Waals surface area contributed by atoms with E-state index in [2.05, 4.69) is 35.7 Å². The lowest BCUT2D eigenvalue weighted by atomic mass is 9.85. The summed E-state index contributed by atoms with van der Waals surface area (Å²) in [5, 5.41) is 8.99. The van der Waals surface area contributed by atoms with Crippen LogP contribution in [-0.4, -0.2) is 66.1 Å². The number of piperazine rings is 1. The highest BCUT2D eigenvalue weighted by Crippen LogP contribution is 2.35. The molecule has 3 N–H and O–H groups in total. The zero-order chi connectivity index (χ0) is 26.7. The molecule has 2 saturated heterocycles. The highest BCUT2D eigenvalue weighted by molar-refractivity contribution is 6.33. The second kappa shape index (κ2) is 11.5. The van der Waals surface area contributed by atoms with Crippen LogP contribution in [-0.2, 0) is 11.0 Å². The van der Waals surface area contributed by atoms with E-state index in [0.717, 1.165) is 50.8 Å². The summed E-state index contributed by atoms with van der Waals surface area (Å²) in [6.45, 7) is 4.70. The van der Waals surface area contributed by atoms with Crippen LogP contribution in [0.15, 0.2) is 24.4 Å². The Kier molecular flexibility index (Phi) is 8.13. The van der Waals surface area contributed by atoms with Crippen molar-refractivity contribution in [1.29, 1.82) is 0 Å². The zero-order valence-electron chi connectivity index (χ0n) is 21.2. The van der Waals surface area contributed by atoms with Gasteiger partial charge in [-0.2, -0.15) is 18.2 Å². The molecule has 1 unspecified atom stereocenters. The molecule has 2 aliphatic heterocycles. The van der Waals surface area contributed by atoms with Crippen molar-refractivity contribution in [2.75, 3.05) is 54.8 Å². The molecule has 1 aromatic carbocycles. The van der Waals surface area contributed by atoms with Crippen LogP contribution in [0.25, 0.3) is 0 Å². The largest absolute Gasteiger partial charge is 0.421 e. The van der Waals surface area contributed by atoms with Gasteiger partial charge in [-0.1, -0.05) is 18.0 Å². The number of anilines is 4. The quantitative estimate of drug-likeness (QED) is 0.382. The van der Waals surface area contributed by atoms with Gasteiger partial charge in [-0.3, -0.25) is 9.69 Å². The number of benzene rings is 1. The summed E-state index contributed by atoms with van der Waals surface area (Å²) in [6.07, 6.45) is 1.94. The van der Waals surface area contributed by atoms with Gasteiger partial charge in [0, 0.05) is 56.6 Å². The van der Waals surface area contributed by atoms with Gasteiger partial charge in [-0.25, -0.2) is 4.98 Å². The number of hydrogen-bond donors (Lipinski definition) is 3. The first kappa shape index (κ1) is 26.8. The van der Waals surface area contributed by atoms with Crippen molar-refractivity contribution >= 4 is 40.6 Å². The first-order chi connectivity index (χ1) is 18.3. The first-order valence-corrected chi connectivity index (χ1v) is 13.7. The van der Waals surface area contributed by atoms with Gasteiger partial charge in [0.15, 0.2) is 0 Å². The Hall–Kier alpha value is -2.79. The predicted molar refractivity (Wildman–Crippen MR) is 142 cm³/mol. The molecule has 2 aromatic rings. The average Bonchev–Trinajstić information content (AvgIpc) is 3.31. The summed E-state index contributed by atoms with van der Waals surface area (Å²) in [4.78, 5) is 24.8. The lowest BCUT2D eigenvalue weighted by Gasteiger charge is -2.39. The van der Waals surface area contributed by atoms with Crippen molar-refractivity contribution in [3.8, 4) is 0 Å². The summed E-state index contributed by atoms with van der Waals surface area (Å²) in [5.74, 6) is -0.214. The monoisotopic (exact) mass is 551 g/mol. The number of amides is 1. The number of rotatable bonds is 9. The molecular weight excluding hydrogens is 519 g/mol. The number of nitrogens with one attached hydrogen (secondary N) is 3. The van der Waals surface area contributed by atoms with Crippen LogP contribution in [0.4, 0.5) is 36.3 Å². The minimum absolute atomic E-state index is 0.00741. The number of aromatic nitrogens is 2. The minimum atomic E-state index is -4.61. The normalized spacial score (nSPS) is 20.1. The van der Waals surface area contributed by atoms with Crippen LogP contribution in [0.5, 0.6) is 0 Å². The Bertz CT molecular complexity index is 1140. The number of alkyl halides is 3. The molecule has 1 aliphatic carbocycles. The van der Waals surface area contributed by atoms with Gasteiger partial charge in [0.2, 0.25) is 11.9 Å². The highest BCUT2D eigenvalue weighted by Gasteiger charge is 2.35. The van der Waals surface area contributed by atoms with Crippen molar-refractivity contribution < 1.29 is 18.0 Å². The van der Waals surface area contributed by atoms with Crippen LogP contribution in [0.3, 0.4) is 0 Å². The number of hydrogen-bond acceptors (Lipinski definition) is 7. The van der Waals surface area contributed by atoms with E-state index < -0.39 is 11.7 Å². The maximum atomic E-state index is 13.6. The molecule has 206 valence electrons. The summed E-state index contributed by atoms with van der Waals surface area (Å²) in [6, 6.07) is 6.21. The van der Waals surface area contributed by atoms with E-state index >= 15 is 0 Å². The fourth-order valence-corrected chi connectivity index (χ4v) is 5.48. The summed E-state index contributed by atoms with van der Waals surface area (Å²) >= 11 is 6.55. The van der Waals surface area contributed by atoms with E-state index in [1.807, 2.05) is 12.1 Å². The van der Waals surface area contributed by atoms with Crippen LogP contribution in [0.1, 0.15) is 44.1 Å². The van der Waals surface area contributed by atoms with E-state index in [0.29, 0.717) is 29.7 Å². The van der Waals surface area contributed by atoms with Crippen molar-refractivity contribution in [1.82, 2.24) is 20.2 Å². The molecule has 3 aliphatic rings. The Morgan fingerprint density at radius 1 is 1.11 bits per heavy atom. The third-order valence-electron chi connectivity index (χ3n) is 7.67. The van der Waals surface area contributed by atoms with Gasteiger partial charge in [0.25, 0.3) is 0 Å². The molecule has 12 heteroatoms. The molecule has 1 aromatic heterocycles. The van der Waals surface area contributed by atoms with Crippen molar-refractivity contribution in [3.63, 3.8) is 0 Å². The van der Waals surface area contributed by atoms with Crippen molar-refractivity contribution in [2.24, 2.45) is 5.92 Å². The van der Waals surface area contributed by atoms with Crippen LogP contribution in [0.2, 0.25) is 5.02 Å². The van der Waals surface area contributed by atoms with E-state index in [1.54, 1.807) is 6.07 Å². The molecule has 1 amide bonds. The fraction of sp³-hybridized carbons (Fsp3) is 0.577. The minimum Gasteiger partial charge on any atom is -0.369 e. The average molecular weight is 552 g/mol. The molecule has 0 bridgehead atoms. The Labute approximate surface area is 225 Å². The number of fused-ring (bicyclic) bond motifs is 1. The Morgan fingerprint density at radius 2 is 1.95 bits per heavy atom. The predicted octanol–water partition coefficient (Wildman–Crippen LogP) is 4.90. The van der Waals surface area contributed by atoms with Gasteiger partial charge in [0.1, 0.15) is 11.4 Å². The summed E-state index contributed by atoms with van der Waals surface area (Å²) < 4.78 is 40.7. The van der Waals surface area contributed by atoms with Gasteiger partial charge < -0.3 is 20.9 Å². The second-order valence-corrected chi connectivity index (χ2v) is 10.6. The SMILES string of the molecule is O=C(NCCCNc1nc(Nc2ccc(N3CCN4CCCC4C3)cc2Cl)ncc1C(F)(F)F)C1CCC1. The standard InChI is InChI=1S/C26H33ClF3N7O/c27-21-14-18(37-13-12-36-11-2-6-19(36)16-37)7-8-22(21)34-25-33-15-20(26(28,29)30)23(35-25)31-9-3-10-32-24(38)17-4-1-5-17/h7-8,14-15,17,19H,1-6,9-13,16H2,(H,32,38)(H2,31,33,34,35). The molecule has 5 rings (SSSR count). The third kappa shape index (κ3) is 6.26. The van der Waals surface area contributed by atoms with Crippen LogP contribution >= 0.6 is 11.6 Å². The number of nitrogens with zero attached hydrogens (tertiary/aromatic N) is 4. The highest BCUT2D eigenvalue weighted by atomic mass is 35.5. The number of carbonyl (C=O) groups is 1. The maximum Gasteiger partial charge on any atom is 0.421 e. The Morgan fingerprint density at radius 3 is 2.68 bits per heavy atom. The Balaban J connectivity index is 1.21. The van der Waals surface area contributed by atoms with E-state index in [-0.39, 0.29) is 30.1 Å². The smallest absolute Gasteiger partial charge is 0.369 e. The second-order valence-electron chi connectivity index (χ2n) is 10.2. The molecule has 1 atom stereocenters. The molecule has 3 fully saturated rings. The van der Waals surface area contributed by atoms with Gasteiger partial charge in [-0.15, -0.1) is 0 Å². The number of halogens is 4. The van der Waals surface area contributed by atoms with Crippen LogP contribution < -0.4 is 20.9 Å². The molecule has 0 radical (unpaired) electrons. The molecule has 3 heterocycles. The lowest BCUT2D eigenvalue weighted by molar-refractivity contribution is -0.137. The summed E-state index contributed by atoms with van der Waals surface area (Å²) in [7, 11) is 0. The first-order valence-electron chi connectivity index (χ1n) is 13.3. The third-order valence-corrected chi connectivity index (χ3v) is 7.98. The molecule has 0 spiro atoms. The fourth-order valence-electron chi connectivity index (χ4n) is 5.25. The summed E-state index contributed by atoms with van der Waals surface area (Å²) in [5.41, 5.74) is 0.584. The zero-order valence-corrected chi connectivity index (χ0v) is 21.9. The topological polar surface area (TPSA) is 85.4 Å². The van der Waals surface area contributed by atoms with Gasteiger partial charge in [-0.05, 0) is 56.8 Å². The van der Waals surface area contributed by atoms with E-state index in [9.17, 15) is 18.0 Å². The van der Waals surface area contributed by atoms with Gasteiger partial charge in [0.05, 0.1) is 10.7 Å². The lowest BCUT2D eigenvalue weighted by Crippen LogP contribution is -2.50. The van der Waals surface area contributed by atoms with Crippen molar-refractivity contribution in [3.05, 3.63) is 35.0 Å². The van der Waals surface area contributed by atoms with E-state index in [4.69, 9.17) is 11.6 Å².